The number of aromatic nitrogens is 4. The molecule has 4 rings (SSSR count). The Labute approximate surface area is 162 Å². The highest BCUT2D eigenvalue weighted by Gasteiger charge is 2.16. The van der Waals surface area contributed by atoms with E-state index in [0.717, 1.165) is 22.1 Å². The molecule has 0 amide bonds. The lowest BCUT2D eigenvalue weighted by molar-refractivity contribution is 0.485. The van der Waals surface area contributed by atoms with Crippen LogP contribution in [0.3, 0.4) is 0 Å². The number of benzene rings is 2. The van der Waals surface area contributed by atoms with Crippen molar-refractivity contribution in [3.05, 3.63) is 77.6 Å². The summed E-state index contributed by atoms with van der Waals surface area (Å²) in [5.74, 6) is 1.76. The highest BCUT2D eigenvalue weighted by molar-refractivity contribution is 7.98. The molecule has 0 saturated heterocycles. The number of hydrogen-bond donors (Lipinski definition) is 0. The fourth-order valence-corrected chi connectivity index (χ4v) is 3.93. The molecule has 2 aromatic heterocycles. The van der Waals surface area contributed by atoms with Crippen molar-refractivity contribution >= 4 is 11.8 Å². The Morgan fingerprint density at radius 1 is 0.963 bits per heavy atom. The minimum atomic E-state index is 0.577. The van der Waals surface area contributed by atoms with Crippen molar-refractivity contribution in [1.82, 2.24) is 19.7 Å². The van der Waals surface area contributed by atoms with Gasteiger partial charge in [0, 0.05) is 18.2 Å². The van der Waals surface area contributed by atoms with Gasteiger partial charge in [0.1, 0.15) is 0 Å². The zero-order chi connectivity index (χ0) is 18.8. The van der Waals surface area contributed by atoms with E-state index in [4.69, 9.17) is 4.42 Å². The van der Waals surface area contributed by atoms with Crippen LogP contribution in [0.5, 0.6) is 0 Å². The first-order chi connectivity index (χ1) is 13.1. The zero-order valence-electron chi connectivity index (χ0n) is 15.5. The molecule has 4 aromatic rings. The number of imidazole rings is 1. The van der Waals surface area contributed by atoms with Crippen molar-refractivity contribution in [3.8, 4) is 16.9 Å². The van der Waals surface area contributed by atoms with Crippen molar-refractivity contribution in [3.63, 3.8) is 0 Å². The van der Waals surface area contributed by atoms with Crippen LogP contribution in [0.4, 0.5) is 0 Å². The van der Waals surface area contributed by atoms with Gasteiger partial charge in [-0.25, -0.2) is 4.98 Å². The van der Waals surface area contributed by atoms with Gasteiger partial charge in [-0.05, 0) is 37.1 Å². The molecule has 0 spiro atoms. The Kier molecular flexibility index (Phi) is 4.81. The zero-order valence-corrected chi connectivity index (χ0v) is 16.3. The van der Waals surface area contributed by atoms with Gasteiger partial charge in [0.05, 0.1) is 17.6 Å². The van der Waals surface area contributed by atoms with Gasteiger partial charge < -0.3 is 4.42 Å². The molecule has 6 heteroatoms. The summed E-state index contributed by atoms with van der Waals surface area (Å²) in [4.78, 5) is 4.69. The smallest absolute Gasteiger partial charge is 0.226 e. The first-order valence-electron chi connectivity index (χ1n) is 8.74. The van der Waals surface area contributed by atoms with Crippen LogP contribution in [0.15, 0.2) is 64.3 Å². The van der Waals surface area contributed by atoms with Crippen LogP contribution in [0.25, 0.3) is 16.9 Å². The summed E-state index contributed by atoms with van der Waals surface area (Å²) in [5.41, 5.74) is 5.74. The molecule has 2 aromatic carbocycles. The van der Waals surface area contributed by atoms with E-state index in [2.05, 4.69) is 63.9 Å². The SMILES string of the molecule is Cc1cc(C)cc(-n2c(-c3ccccc3)cnc2SCc2nnc(C)o2)c1. The first kappa shape index (κ1) is 17.5. The summed E-state index contributed by atoms with van der Waals surface area (Å²) in [6.07, 6.45) is 1.92. The number of rotatable bonds is 5. The van der Waals surface area contributed by atoms with Gasteiger partial charge in [0.15, 0.2) is 5.16 Å². The van der Waals surface area contributed by atoms with Gasteiger partial charge in [-0.1, -0.05) is 48.2 Å². The van der Waals surface area contributed by atoms with E-state index in [-0.39, 0.29) is 0 Å². The third kappa shape index (κ3) is 3.80. The van der Waals surface area contributed by atoms with Crippen LogP contribution in [0.1, 0.15) is 22.9 Å². The second kappa shape index (κ2) is 7.40. The van der Waals surface area contributed by atoms with Crippen molar-refractivity contribution in [2.75, 3.05) is 0 Å². The standard InChI is InChI=1S/C21H20N4OS/c1-14-9-15(2)11-18(10-14)25-19(17-7-5-4-6-8-17)12-22-21(25)27-13-20-24-23-16(3)26-20/h4-12H,13H2,1-3H3. The lowest BCUT2D eigenvalue weighted by Crippen LogP contribution is -2.00. The molecular weight excluding hydrogens is 356 g/mol. The van der Waals surface area contributed by atoms with Gasteiger partial charge in [0.25, 0.3) is 0 Å². The van der Waals surface area contributed by atoms with Gasteiger partial charge in [-0.2, -0.15) is 0 Å². The van der Waals surface area contributed by atoms with Crippen LogP contribution in [0.2, 0.25) is 0 Å². The number of aryl methyl sites for hydroxylation is 3. The molecule has 0 aliphatic rings. The molecule has 0 fully saturated rings. The summed E-state index contributed by atoms with van der Waals surface area (Å²) in [5, 5.41) is 8.88. The Morgan fingerprint density at radius 3 is 2.37 bits per heavy atom. The Balaban J connectivity index is 1.78. The topological polar surface area (TPSA) is 56.7 Å². The fourth-order valence-electron chi connectivity index (χ4n) is 3.10. The maximum absolute atomic E-state index is 5.50. The molecule has 2 heterocycles. The Bertz CT molecular complexity index is 1050. The van der Waals surface area contributed by atoms with E-state index < -0.39 is 0 Å². The van der Waals surface area contributed by atoms with Gasteiger partial charge in [-0.3, -0.25) is 4.57 Å². The fraction of sp³-hybridized carbons (Fsp3) is 0.190. The maximum atomic E-state index is 5.50. The minimum absolute atomic E-state index is 0.577. The summed E-state index contributed by atoms with van der Waals surface area (Å²) in [6.45, 7) is 6.03. The summed E-state index contributed by atoms with van der Waals surface area (Å²) < 4.78 is 7.70. The number of thioether (sulfide) groups is 1. The molecule has 27 heavy (non-hydrogen) atoms. The predicted octanol–water partition coefficient (Wildman–Crippen LogP) is 5.14. The normalized spacial score (nSPS) is 11.1. The lowest BCUT2D eigenvalue weighted by Gasteiger charge is -2.13. The summed E-state index contributed by atoms with van der Waals surface area (Å²) in [6, 6.07) is 16.9. The molecule has 0 N–H and O–H groups in total. The van der Waals surface area contributed by atoms with E-state index in [0.29, 0.717) is 17.5 Å². The molecule has 0 aliphatic heterocycles. The van der Waals surface area contributed by atoms with E-state index in [1.54, 1.807) is 18.7 Å². The maximum Gasteiger partial charge on any atom is 0.226 e. The monoisotopic (exact) mass is 376 g/mol. The summed E-state index contributed by atoms with van der Waals surface area (Å²) >= 11 is 1.59. The van der Waals surface area contributed by atoms with E-state index >= 15 is 0 Å². The van der Waals surface area contributed by atoms with Crippen LogP contribution in [0, 0.1) is 20.8 Å². The largest absolute Gasteiger partial charge is 0.425 e. The average molecular weight is 376 g/mol. The van der Waals surface area contributed by atoms with Crippen LogP contribution in [-0.2, 0) is 5.75 Å². The third-order valence-electron chi connectivity index (χ3n) is 4.16. The number of nitrogens with zero attached hydrogens (tertiary/aromatic N) is 4. The molecule has 0 radical (unpaired) electrons. The average Bonchev–Trinajstić information content (AvgIpc) is 3.26. The second-order valence-corrected chi connectivity index (χ2v) is 7.42. The number of hydrogen-bond acceptors (Lipinski definition) is 5. The van der Waals surface area contributed by atoms with Crippen LogP contribution in [-0.4, -0.2) is 19.7 Å². The lowest BCUT2D eigenvalue weighted by atomic mass is 10.1. The minimum Gasteiger partial charge on any atom is -0.425 e. The van der Waals surface area contributed by atoms with E-state index in [9.17, 15) is 0 Å². The van der Waals surface area contributed by atoms with E-state index in [1.165, 1.54) is 11.1 Å². The molecule has 0 bridgehead atoms. The Morgan fingerprint density at radius 2 is 1.70 bits per heavy atom. The van der Waals surface area contributed by atoms with Crippen LogP contribution < -0.4 is 0 Å². The molecule has 136 valence electrons. The highest BCUT2D eigenvalue weighted by Crippen LogP contribution is 2.31. The van der Waals surface area contributed by atoms with E-state index in [1.807, 2.05) is 24.4 Å². The van der Waals surface area contributed by atoms with Gasteiger partial charge in [0.2, 0.25) is 11.8 Å². The van der Waals surface area contributed by atoms with Crippen LogP contribution >= 0.6 is 11.8 Å². The molecule has 5 nitrogen and oxygen atoms in total. The van der Waals surface area contributed by atoms with Gasteiger partial charge >= 0.3 is 0 Å². The molecular formula is C21H20N4OS. The predicted molar refractivity (Wildman–Crippen MR) is 107 cm³/mol. The molecule has 0 unspecified atom stereocenters. The quantitative estimate of drug-likeness (QED) is 0.451. The first-order valence-corrected chi connectivity index (χ1v) is 9.72. The van der Waals surface area contributed by atoms with Crippen molar-refractivity contribution < 1.29 is 4.42 Å². The molecule has 0 atom stereocenters. The third-order valence-corrected chi connectivity index (χ3v) is 5.09. The molecule has 0 saturated carbocycles. The molecule has 0 aliphatic carbocycles. The highest BCUT2D eigenvalue weighted by atomic mass is 32.2. The Hall–Kier alpha value is -2.86. The summed E-state index contributed by atoms with van der Waals surface area (Å²) in [7, 11) is 0. The van der Waals surface area contributed by atoms with Crippen molar-refractivity contribution in [1.29, 1.82) is 0 Å². The van der Waals surface area contributed by atoms with Crippen molar-refractivity contribution in [2.24, 2.45) is 0 Å². The van der Waals surface area contributed by atoms with Gasteiger partial charge in [-0.15, -0.1) is 10.2 Å². The van der Waals surface area contributed by atoms with Crippen molar-refractivity contribution in [2.45, 2.75) is 31.7 Å². The second-order valence-electron chi connectivity index (χ2n) is 6.48.